The minimum Gasteiger partial charge on any atom is -0.495 e. The third-order valence-electron chi connectivity index (χ3n) is 4.12. The van der Waals surface area contributed by atoms with Crippen LogP contribution in [0.1, 0.15) is 26.3 Å². The van der Waals surface area contributed by atoms with Gasteiger partial charge in [0, 0.05) is 0 Å². The van der Waals surface area contributed by atoms with Crippen LogP contribution >= 0.6 is 35.6 Å². The molecule has 0 aromatic heterocycles. The Hall–Kier alpha value is -2.22. The highest BCUT2D eigenvalue weighted by atomic mass is 35.5. The minimum atomic E-state index is -0.202. The van der Waals surface area contributed by atoms with E-state index in [1.54, 1.807) is 24.3 Å². The summed E-state index contributed by atoms with van der Waals surface area (Å²) in [6.45, 7) is 6.34. The molecule has 30 heavy (non-hydrogen) atoms. The second-order valence-corrected chi connectivity index (χ2v) is 8.72. The first kappa shape index (κ1) is 22.5. The lowest BCUT2D eigenvalue weighted by molar-refractivity contribution is -0.113. The van der Waals surface area contributed by atoms with Crippen LogP contribution in [-0.4, -0.2) is 30.0 Å². The Bertz CT molecular complexity index is 1010. The van der Waals surface area contributed by atoms with Crippen LogP contribution in [0.5, 0.6) is 17.2 Å². The second kappa shape index (κ2) is 9.73. The van der Waals surface area contributed by atoms with E-state index >= 15 is 0 Å². The summed E-state index contributed by atoms with van der Waals surface area (Å²) in [6, 6.07) is 10.7. The van der Waals surface area contributed by atoms with Gasteiger partial charge in [0.2, 0.25) is 0 Å². The first-order valence-electron chi connectivity index (χ1n) is 9.39. The number of thiocarbonyl (C=S) groups is 1. The van der Waals surface area contributed by atoms with Gasteiger partial charge >= 0.3 is 0 Å². The number of anilines is 1. The number of carbonyl (C=O) groups excluding carboxylic acids is 1. The second-order valence-electron chi connectivity index (χ2n) is 6.64. The number of hydrogen-bond donors (Lipinski definition) is 0. The van der Waals surface area contributed by atoms with Crippen LogP contribution in [0.25, 0.3) is 6.08 Å². The molecule has 8 heteroatoms. The zero-order chi connectivity index (χ0) is 21.8. The first-order valence-corrected chi connectivity index (χ1v) is 11.0. The molecule has 0 saturated carbocycles. The average molecular weight is 464 g/mol. The Morgan fingerprint density at radius 2 is 1.90 bits per heavy atom. The molecule has 2 aromatic carbocycles. The van der Waals surface area contributed by atoms with Crippen LogP contribution in [0, 0.1) is 0 Å². The molecule has 1 fully saturated rings. The molecular weight excluding hydrogens is 442 g/mol. The van der Waals surface area contributed by atoms with Gasteiger partial charge in [-0.1, -0.05) is 41.6 Å². The van der Waals surface area contributed by atoms with Crippen LogP contribution in [0.15, 0.2) is 41.3 Å². The maximum absolute atomic E-state index is 13.0. The van der Waals surface area contributed by atoms with Crippen LogP contribution in [0.2, 0.25) is 5.02 Å². The molecule has 0 aliphatic carbocycles. The van der Waals surface area contributed by atoms with Crippen molar-refractivity contribution in [3.63, 3.8) is 0 Å². The topological polar surface area (TPSA) is 48.0 Å². The predicted octanol–water partition coefficient (Wildman–Crippen LogP) is 5.94. The number of nitrogens with zero attached hydrogens (tertiary/aromatic N) is 1. The monoisotopic (exact) mass is 463 g/mol. The number of rotatable bonds is 7. The fourth-order valence-corrected chi connectivity index (χ4v) is 4.42. The summed E-state index contributed by atoms with van der Waals surface area (Å²) in [5.74, 6) is 1.64. The van der Waals surface area contributed by atoms with E-state index in [9.17, 15) is 4.79 Å². The summed E-state index contributed by atoms with van der Waals surface area (Å²) in [5, 5.41) is 0.412. The van der Waals surface area contributed by atoms with Gasteiger partial charge in [-0.25, -0.2) is 0 Å². The molecule has 1 aliphatic rings. The SMILES string of the molecule is CCOc1cc(/C=C2/SC(=S)N(c3ccc(OC)c(Cl)c3)C2=O)ccc1OC(C)C. The number of amides is 1. The van der Waals surface area contributed by atoms with Crippen molar-refractivity contribution in [2.75, 3.05) is 18.6 Å². The van der Waals surface area contributed by atoms with Crippen molar-refractivity contribution in [1.82, 2.24) is 0 Å². The maximum Gasteiger partial charge on any atom is 0.270 e. The normalized spacial score (nSPS) is 15.3. The molecule has 1 amide bonds. The van der Waals surface area contributed by atoms with E-state index in [2.05, 4.69) is 0 Å². The molecule has 1 aliphatic heterocycles. The molecule has 0 N–H and O–H groups in total. The standard InChI is InChI=1S/C22H22ClNO4S2/c1-5-27-19-10-14(6-8-18(19)28-13(2)3)11-20-21(25)24(22(29)30-20)15-7-9-17(26-4)16(23)12-15/h6-13H,5H2,1-4H3/b20-11+. The Balaban J connectivity index is 1.89. The molecule has 0 atom stereocenters. The third-order valence-corrected chi connectivity index (χ3v) is 5.71. The van der Waals surface area contributed by atoms with E-state index in [1.165, 1.54) is 23.8 Å². The van der Waals surface area contributed by atoms with Crippen molar-refractivity contribution in [1.29, 1.82) is 0 Å². The molecular formula is C22H22ClNO4S2. The summed E-state index contributed by atoms with van der Waals surface area (Å²) >= 11 is 12.9. The summed E-state index contributed by atoms with van der Waals surface area (Å²) < 4.78 is 17.1. The molecule has 158 valence electrons. The number of thioether (sulfide) groups is 1. The van der Waals surface area contributed by atoms with Gasteiger partial charge in [-0.2, -0.15) is 0 Å². The van der Waals surface area contributed by atoms with Gasteiger partial charge in [-0.3, -0.25) is 9.69 Å². The zero-order valence-corrected chi connectivity index (χ0v) is 19.5. The number of halogens is 1. The fourth-order valence-electron chi connectivity index (χ4n) is 2.87. The molecule has 3 rings (SSSR count). The van der Waals surface area contributed by atoms with Gasteiger partial charge in [0.15, 0.2) is 15.8 Å². The van der Waals surface area contributed by atoms with E-state index in [0.29, 0.717) is 43.8 Å². The lowest BCUT2D eigenvalue weighted by Gasteiger charge is -2.16. The largest absolute Gasteiger partial charge is 0.495 e. The van der Waals surface area contributed by atoms with Crippen molar-refractivity contribution in [3.8, 4) is 17.2 Å². The molecule has 0 spiro atoms. The molecule has 1 heterocycles. The van der Waals surface area contributed by atoms with Crippen LogP contribution in [0.3, 0.4) is 0 Å². The van der Waals surface area contributed by atoms with Gasteiger partial charge in [0.1, 0.15) is 5.75 Å². The van der Waals surface area contributed by atoms with Crippen LogP contribution in [0.4, 0.5) is 5.69 Å². The van der Waals surface area contributed by atoms with Gasteiger partial charge in [-0.15, -0.1) is 0 Å². The molecule has 2 aromatic rings. The number of methoxy groups -OCH3 is 1. The van der Waals surface area contributed by atoms with Crippen molar-refractivity contribution in [2.24, 2.45) is 0 Å². The van der Waals surface area contributed by atoms with Gasteiger partial charge in [0.05, 0.1) is 35.4 Å². The molecule has 5 nitrogen and oxygen atoms in total. The van der Waals surface area contributed by atoms with Crippen molar-refractivity contribution in [3.05, 3.63) is 51.9 Å². The Labute approximate surface area is 190 Å². The predicted molar refractivity (Wildman–Crippen MR) is 127 cm³/mol. The summed E-state index contributed by atoms with van der Waals surface area (Å²) in [5.41, 5.74) is 1.42. The van der Waals surface area contributed by atoms with Gasteiger partial charge in [-0.05, 0) is 62.7 Å². The lowest BCUT2D eigenvalue weighted by atomic mass is 10.1. The number of carbonyl (C=O) groups is 1. The minimum absolute atomic E-state index is 0.0302. The van der Waals surface area contributed by atoms with Crippen molar-refractivity contribution in [2.45, 2.75) is 26.9 Å². The van der Waals surface area contributed by atoms with E-state index < -0.39 is 0 Å². The van der Waals surface area contributed by atoms with E-state index in [0.717, 1.165) is 5.56 Å². The van der Waals surface area contributed by atoms with Gasteiger partial charge in [0.25, 0.3) is 5.91 Å². The van der Waals surface area contributed by atoms with Crippen LogP contribution in [-0.2, 0) is 4.79 Å². The highest BCUT2D eigenvalue weighted by Gasteiger charge is 2.33. The zero-order valence-electron chi connectivity index (χ0n) is 17.1. The Morgan fingerprint density at radius 1 is 1.17 bits per heavy atom. The quantitative estimate of drug-likeness (QED) is 0.374. The van der Waals surface area contributed by atoms with Crippen molar-refractivity contribution < 1.29 is 19.0 Å². The smallest absolute Gasteiger partial charge is 0.270 e. The van der Waals surface area contributed by atoms with E-state index in [4.69, 9.17) is 38.0 Å². The summed E-state index contributed by atoms with van der Waals surface area (Å²) in [7, 11) is 1.54. The third kappa shape index (κ3) is 4.91. The highest BCUT2D eigenvalue weighted by Crippen LogP contribution is 2.39. The van der Waals surface area contributed by atoms with Crippen LogP contribution < -0.4 is 19.1 Å². The number of hydrogen-bond acceptors (Lipinski definition) is 6. The van der Waals surface area contributed by atoms with E-state index in [-0.39, 0.29) is 12.0 Å². The molecule has 0 radical (unpaired) electrons. The molecule has 1 saturated heterocycles. The Kier molecular flexibility index (Phi) is 7.28. The highest BCUT2D eigenvalue weighted by molar-refractivity contribution is 8.27. The molecule has 0 unspecified atom stereocenters. The summed E-state index contributed by atoms with van der Waals surface area (Å²) in [4.78, 5) is 15.0. The number of ether oxygens (including phenoxy) is 3. The van der Waals surface area contributed by atoms with Crippen molar-refractivity contribution >= 4 is 57.6 Å². The lowest BCUT2D eigenvalue weighted by Crippen LogP contribution is -2.27. The molecule has 0 bridgehead atoms. The average Bonchev–Trinajstić information content (AvgIpc) is 2.97. The maximum atomic E-state index is 13.0. The van der Waals surface area contributed by atoms with E-state index in [1.807, 2.05) is 39.0 Å². The van der Waals surface area contributed by atoms with Gasteiger partial charge < -0.3 is 14.2 Å². The number of benzene rings is 2. The summed E-state index contributed by atoms with van der Waals surface area (Å²) in [6.07, 6.45) is 1.83. The fraction of sp³-hybridized carbons (Fsp3) is 0.273. The Morgan fingerprint density at radius 3 is 2.53 bits per heavy atom. The first-order chi connectivity index (χ1) is 14.3.